The quantitative estimate of drug-likeness (QED) is 0.750. The van der Waals surface area contributed by atoms with E-state index in [2.05, 4.69) is 51.7 Å². The molecule has 0 aliphatic heterocycles. The van der Waals surface area contributed by atoms with Gasteiger partial charge in [0.2, 0.25) is 5.95 Å². The molecule has 1 heterocycles. The van der Waals surface area contributed by atoms with Crippen LogP contribution >= 0.6 is 0 Å². The molecule has 0 atom stereocenters. The van der Waals surface area contributed by atoms with Crippen molar-refractivity contribution >= 4 is 17.5 Å². The maximum atomic E-state index is 4.58. The minimum atomic E-state index is 0.654. The molecule has 0 amide bonds. The second-order valence-corrected chi connectivity index (χ2v) is 5.30. The lowest BCUT2D eigenvalue weighted by Crippen LogP contribution is -2.14. The first-order valence-electron chi connectivity index (χ1n) is 7.72. The van der Waals surface area contributed by atoms with E-state index in [1.54, 1.807) is 6.20 Å². The Kier molecular flexibility index (Phi) is 4.84. The second-order valence-electron chi connectivity index (χ2n) is 5.30. The number of hydrogen-bond acceptors (Lipinski definition) is 4. The zero-order valence-corrected chi connectivity index (χ0v) is 13.2. The van der Waals surface area contributed by atoms with Crippen LogP contribution in [0.4, 0.5) is 17.5 Å². The third-order valence-corrected chi connectivity index (χ3v) is 3.67. The number of benzene rings is 2. The Morgan fingerprint density at radius 3 is 2.35 bits per heavy atom. The molecular weight excluding hydrogens is 284 g/mol. The largest absolute Gasteiger partial charge is 0.354 e. The van der Waals surface area contributed by atoms with Crippen LogP contribution in [0.15, 0.2) is 72.9 Å². The highest BCUT2D eigenvalue weighted by Gasteiger charge is 2.06. The van der Waals surface area contributed by atoms with E-state index < -0.39 is 0 Å². The summed E-state index contributed by atoms with van der Waals surface area (Å²) in [6.07, 6.45) is 2.73. The summed E-state index contributed by atoms with van der Waals surface area (Å²) in [7, 11) is 2.01. The van der Waals surface area contributed by atoms with E-state index in [1.807, 2.05) is 42.3 Å². The van der Waals surface area contributed by atoms with Crippen molar-refractivity contribution in [3.8, 4) is 0 Å². The van der Waals surface area contributed by atoms with Crippen LogP contribution in [0.2, 0.25) is 0 Å². The minimum absolute atomic E-state index is 0.654. The Bertz CT molecular complexity index is 729. The van der Waals surface area contributed by atoms with Crippen molar-refractivity contribution in [2.45, 2.75) is 6.42 Å². The molecule has 3 aromatic rings. The van der Waals surface area contributed by atoms with E-state index in [1.165, 1.54) is 5.56 Å². The van der Waals surface area contributed by atoms with Gasteiger partial charge in [-0.1, -0.05) is 48.5 Å². The Hall–Kier alpha value is -2.88. The molecular formula is C19H20N4. The summed E-state index contributed by atoms with van der Waals surface area (Å²) in [5.41, 5.74) is 2.40. The molecule has 4 nitrogen and oxygen atoms in total. The minimum Gasteiger partial charge on any atom is -0.354 e. The lowest BCUT2D eigenvalue weighted by atomic mass is 10.1. The fraction of sp³-hybridized carbons (Fsp3) is 0.158. The van der Waals surface area contributed by atoms with Crippen molar-refractivity contribution < 1.29 is 0 Å². The van der Waals surface area contributed by atoms with Crippen molar-refractivity contribution in [1.29, 1.82) is 0 Å². The molecule has 0 aliphatic rings. The fourth-order valence-corrected chi connectivity index (χ4v) is 2.37. The summed E-state index contributed by atoms with van der Waals surface area (Å²) < 4.78 is 0. The Morgan fingerprint density at radius 1 is 0.913 bits per heavy atom. The van der Waals surface area contributed by atoms with E-state index in [0.717, 1.165) is 24.5 Å². The molecule has 1 aromatic heterocycles. The number of para-hydroxylation sites is 1. The van der Waals surface area contributed by atoms with Crippen molar-refractivity contribution in [2.24, 2.45) is 0 Å². The van der Waals surface area contributed by atoms with Gasteiger partial charge in [-0.15, -0.1) is 0 Å². The van der Waals surface area contributed by atoms with Crippen molar-refractivity contribution in [3.63, 3.8) is 0 Å². The molecule has 23 heavy (non-hydrogen) atoms. The van der Waals surface area contributed by atoms with E-state index >= 15 is 0 Å². The summed E-state index contributed by atoms with van der Waals surface area (Å²) >= 11 is 0. The first kappa shape index (κ1) is 15.0. The maximum Gasteiger partial charge on any atom is 0.224 e. The van der Waals surface area contributed by atoms with E-state index in [-0.39, 0.29) is 0 Å². The standard InChI is InChI=1S/C19H20N4/c1-23(17-10-6-3-7-11-17)18-13-15-21-19(22-18)20-14-12-16-8-4-2-5-9-16/h2-11,13,15H,12,14H2,1H3,(H,20,21,22). The number of nitrogens with one attached hydrogen (secondary N) is 1. The number of hydrogen-bond donors (Lipinski definition) is 1. The van der Waals surface area contributed by atoms with Gasteiger partial charge in [0.05, 0.1) is 0 Å². The average molecular weight is 304 g/mol. The first-order chi connectivity index (χ1) is 11.3. The third-order valence-electron chi connectivity index (χ3n) is 3.67. The molecule has 0 aliphatic carbocycles. The van der Waals surface area contributed by atoms with Gasteiger partial charge in [0.25, 0.3) is 0 Å². The van der Waals surface area contributed by atoms with Gasteiger partial charge in [0, 0.05) is 25.5 Å². The average Bonchev–Trinajstić information content (AvgIpc) is 2.63. The molecule has 0 radical (unpaired) electrons. The van der Waals surface area contributed by atoms with Gasteiger partial charge in [0.15, 0.2) is 0 Å². The predicted octanol–water partition coefficient (Wildman–Crippen LogP) is 3.90. The molecule has 3 rings (SSSR count). The van der Waals surface area contributed by atoms with Crippen molar-refractivity contribution in [3.05, 3.63) is 78.5 Å². The molecule has 1 N–H and O–H groups in total. The summed E-state index contributed by atoms with van der Waals surface area (Å²) in [5.74, 6) is 1.52. The maximum absolute atomic E-state index is 4.58. The van der Waals surface area contributed by atoms with Crippen LogP contribution in [0.3, 0.4) is 0 Å². The number of aromatic nitrogens is 2. The van der Waals surface area contributed by atoms with Crippen LogP contribution in [-0.2, 0) is 6.42 Å². The summed E-state index contributed by atoms with van der Waals surface area (Å²) in [6, 6.07) is 22.5. The molecule has 116 valence electrons. The van der Waals surface area contributed by atoms with Crippen LogP contribution in [0.25, 0.3) is 0 Å². The van der Waals surface area contributed by atoms with Crippen LogP contribution in [0.5, 0.6) is 0 Å². The first-order valence-corrected chi connectivity index (χ1v) is 7.72. The Morgan fingerprint density at radius 2 is 1.61 bits per heavy atom. The second kappa shape index (κ2) is 7.40. The summed E-state index contributed by atoms with van der Waals surface area (Å²) in [5, 5.41) is 3.29. The van der Waals surface area contributed by atoms with Crippen LogP contribution in [-0.4, -0.2) is 23.6 Å². The monoisotopic (exact) mass is 304 g/mol. The molecule has 0 unspecified atom stereocenters. The lowest BCUT2D eigenvalue weighted by molar-refractivity contribution is 0.976. The molecule has 2 aromatic carbocycles. The topological polar surface area (TPSA) is 41.1 Å². The highest BCUT2D eigenvalue weighted by Crippen LogP contribution is 2.21. The summed E-state index contributed by atoms with van der Waals surface area (Å²) in [6.45, 7) is 0.808. The zero-order chi connectivity index (χ0) is 15.9. The molecule has 0 saturated heterocycles. The van der Waals surface area contributed by atoms with Gasteiger partial charge in [-0.3, -0.25) is 0 Å². The molecule has 0 saturated carbocycles. The van der Waals surface area contributed by atoms with E-state index in [9.17, 15) is 0 Å². The molecule has 4 heteroatoms. The van der Waals surface area contributed by atoms with Gasteiger partial charge in [-0.05, 0) is 30.2 Å². The van der Waals surface area contributed by atoms with E-state index in [4.69, 9.17) is 0 Å². The van der Waals surface area contributed by atoms with Crippen LogP contribution in [0, 0.1) is 0 Å². The number of nitrogens with zero attached hydrogens (tertiary/aromatic N) is 3. The lowest BCUT2D eigenvalue weighted by Gasteiger charge is -2.18. The smallest absolute Gasteiger partial charge is 0.224 e. The van der Waals surface area contributed by atoms with Gasteiger partial charge >= 0.3 is 0 Å². The van der Waals surface area contributed by atoms with Crippen LogP contribution < -0.4 is 10.2 Å². The molecule has 0 bridgehead atoms. The molecule has 0 fully saturated rings. The van der Waals surface area contributed by atoms with Gasteiger partial charge in [0.1, 0.15) is 5.82 Å². The van der Waals surface area contributed by atoms with E-state index in [0.29, 0.717) is 5.95 Å². The normalized spacial score (nSPS) is 10.3. The van der Waals surface area contributed by atoms with Gasteiger partial charge in [-0.25, -0.2) is 4.98 Å². The van der Waals surface area contributed by atoms with Gasteiger partial charge in [-0.2, -0.15) is 4.98 Å². The number of rotatable bonds is 6. The Labute approximate surface area is 136 Å². The highest BCUT2D eigenvalue weighted by molar-refractivity contribution is 5.59. The van der Waals surface area contributed by atoms with Crippen LogP contribution in [0.1, 0.15) is 5.56 Å². The van der Waals surface area contributed by atoms with Gasteiger partial charge < -0.3 is 10.2 Å². The SMILES string of the molecule is CN(c1ccccc1)c1ccnc(NCCc2ccccc2)n1. The Balaban J connectivity index is 1.63. The highest BCUT2D eigenvalue weighted by atomic mass is 15.2. The summed E-state index contributed by atoms with van der Waals surface area (Å²) in [4.78, 5) is 10.9. The third kappa shape index (κ3) is 4.07. The number of anilines is 3. The fourth-order valence-electron chi connectivity index (χ4n) is 2.37. The molecule has 0 spiro atoms. The van der Waals surface area contributed by atoms with Crippen molar-refractivity contribution in [1.82, 2.24) is 9.97 Å². The zero-order valence-electron chi connectivity index (χ0n) is 13.2. The predicted molar refractivity (Wildman–Crippen MR) is 95.2 cm³/mol. The van der Waals surface area contributed by atoms with Crippen molar-refractivity contribution in [2.75, 3.05) is 23.8 Å².